The van der Waals surface area contributed by atoms with Gasteiger partial charge in [0.05, 0.1) is 6.54 Å². The highest BCUT2D eigenvalue weighted by molar-refractivity contribution is 5.96. The van der Waals surface area contributed by atoms with Crippen LogP contribution < -0.4 is 5.32 Å². The van der Waals surface area contributed by atoms with E-state index in [2.05, 4.69) is 5.32 Å². The topological polar surface area (TPSA) is 49.4 Å². The maximum absolute atomic E-state index is 13.1. The van der Waals surface area contributed by atoms with Crippen molar-refractivity contribution in [2.75, 3.05) is 19.6 Å². The van der Waals surface area contributed by atoms with E-state index in [1.807, 2.05) is 0 Å². The van der Waals surface area contributed by atoms with E-state index in [-0.39, 0.29) is 24.6 Å². The first kappa shape index (κ1) is 13.4. The van der Waals surface area contributed by atoms with Crippen molar-refractivity contribution in [1.29, 1.82) is 0 Å². The van der Waals surface area contributed by atoms with Crippen molar-refractivity contribution in [1.82, 2.24) is 10.2 Å². The smallest absolute Gasteiger partial charge is 0.254 e. The van der Waals surface area contributed by atoms with Crippen LogP contribution in [0.2, 0.25) is 0 Å². The van der Waals surface area contributed by atoms with Crippen molar-refractivity contribution in [3.8, 4) is 0 Å². The van der Waals surface area contributed by atoms with E-state index in [1.54, 1.807) is 0 Å². The van der Waals surface area contributed by atoms with Gasteiger partial charge in [-0.15, -0.1) is 0 Å². The summed E-state index contributed by atoms with van der Waals surface area (Å²) in [7, 11) is 0. The Balaban J connectivity index is 2.25. The summed E-state index contributed by atoms with van der Waals surface area (Å²) in [5.74, 6) is -5.51. The second-order valence-electron chi connectivity index (χ2n) is 4.18. The number of carbonyl (C=O) groups is 2. The Morgan fingerprint density at radius 3 is 2.47 bits per heavy atom. The van der Waals surface area contributed by atoms with Gasteiger partial charge in [0.1, 0.15) is 0 Å². The number of rotatable bonds is 1. The largest absolute Gasteiger partial charge is 0.354 e. The molecular formula is C12H11F3N2O2. The number of hydrogen-bond donors (Lipinski definition) is 1. The summed E-state index contributed by atoms with van der Waals surface area (Å²) < 4.78 is 38.9. The number of benzene rings is 1. The summed E-state index contributed by atoms with van der Waals surface area (Å²) in [6.45, 7) is 0.548. The van der Waals surface area contributed by atoms with Crippen LogP contribution in [0.5, 0.6) is 0 Å². The summed E-state index contributed by atoms with van der Waals surface area (Å²) >= 11 is 0. The summed E-state index contributed by atoms with van der Waals surface area (Å²) in [6.07, 6.45) is 0.545. The van der Waals surface area contributed by atoms with Crippen molar-refractivity contribution >= 4 is 11.8 Å². The van der Waals surface area contributed by atoms with Crippen LogP contribution >= 0.6 is 0 Å². The molecule has 2 amide bonds. The summed E-state index contributed by atoms with van der Waals surface area (Å²) in [5, 5.41) is 2.57. The Kier molecular flexibility index (Phi) is 3.73. The van der Waals surface area contributed by atoms with E-state index in [0.717, 1.165) is 0 Å². The molecule has 0 bridgehead atoms. The van der Waals surface area contributed by atoms with Crippen molar-refractivity contribution in [3.63, 3.8) is 0 Å². The Morgan fingerprint density at radius 2 is 1.84 bits per heavy atom. The molecule has 0 saturated carbocycles. The molecule has 7 heteroatoms. The maximum Gasteiger partial charge on any atom is 0.254 e. The second kappa shape index (κ2) is 5.29. The Bertz CT molecular complexity index is 511. The van der Waals surface area contributed by atoms with E-state index in [0.29, 0.717) is 25.1 Å². The molecule has 1 aliphatic heterocycles. The number of amides is 2. The minimum absolute atomic E-state index is 0.181. The van der Waals surface area contributed by atoms with Crippen LogP contribution in [0.1, 0.15) is 16.8 Å². The fourth-order valence-corrected chi connectivity index (χ4v) is 1.84. The third-order valence-electron chi connectivity index (χ3n) is 2.78. The van der Waals surface area contributed by atoms with Crippen molar-refractivity contribution < 1.29 is 22.8 Å². The summed E-state index contributed by atoms with van der Waals surface area (Å²) in [6, 6.07) is 1.26. The van der Waals surface area contributed by atoms with E-state index in [9.17, 15) is 22.8 Å². The van der Waals surface area contributed by atoms with Gasteiger partial charge in [-0.3, -0.25) is 9.59 Å². The standard InChI is InChI=1S/C12H11F3N2O2/c13-8-4-7(5-9(14)11(8)15)12(19)17-3-1-2-16-10(18)6-17/h4-5H,1-3,6H2,(H,16,18). The predicted molar refractivity (Wildman–Crippen MR) is 59.8 cm³/mol. The Morgan fingerprint density at radius 1 is 1.21 bits per heavy atom. The lowest BCUT2D eigenvalue weighted by atomic mass is 10.1. The average molecular weight is 272 g/mol. The SMILES string of the molecule is O=C1CN(C(=O)c2cc(F)c(F)c(F)c2)CCCN1. The lowest BCUT2D eigenvalue weighted by molar-refractivity contribution is -0.121. The zero-order chi connectivity index (χ0) is 14.0. The van der Waals surface area contributed by atoms with Crippen LogP contribution in [0.4, 0.5) is 13.2 Å². The summed E-state index contributed by atoms with van der Waals surface area (Å²) in [5.41, 5.74) is -0.314. The molecule has 1 aromatic rings. The number of nitrogens with one attached hydrogen (secondary N) is 1. The highest BCUT2D eigenvalue weighted by Gasteiger charge is 2.23. The molecular weight excluding hydrogens is 261 g/mol. The molecule has 1 aromatic carbocycles. The lowest BCUT2D eigenvalue weighted by Gasteiger charge is -2.19. The monoisotopic (exact) mass is 272 g/mol. The zero-order valence-corrected chi connectivity index (χ0v) is 9.88. The quantitative estimate of drug-likeness (QED) is 0.777. The molecule has 1 heterocycles. The molecule has 2 rings (SSSR count). The first-order valence-corrected chi connectivity index (χ1v) is 5.69. The predicted octanol–water partition coefficient (Wildman–Crippen LogP) is 1.07. The van der Waals surface area contributed by atoms with Gasteiger partial charge in [-0.2, -0.15) is 0 Å². The molecule has 0 radical (unpaired) electrons. The van der Waals surface area contributed by atoms with Crippen molar-refractivity contribution in [2.24, 2.45) is 0 Å². The third kappa shape index (κ3) is 2.86. The first-order valence-electron chi connectivity index (χ1n) is 5.69. The fourth-order valence-electron chi connectivity index (χ4n) is 1.84. The molecule has 1 saturated heterocycles. The van der Waals surface area contributed by atoms with Crippen LogP contribution in [0.3, 0.4) is 0 Å². The van der Waals surface area contributed by atoms with Gasteiger partial charge < -0.3 is 10.2 Å². The summed E-state index contributed by atoms with van der Waals surface area (Å²) in [4.78, 5) is 24.5. The van der Waals surface area contributed by atoms with Crippen molar-refractivity contribution in [2.45, 2.75) is 6.42 Å². The van der Waals surface area contributed by atoms with Gasteiger partial charge in [0.25, 0.3) is 5.91 Å². The second-order valence-corrected chi connectivity index (χ2v) is 4.18. The van der Waals surface area contributed by atoms with Gasteiger partial charge in [-0.25, -0.2) is 13.2 Å². The minimum Gasteiger partial charge on any atom is -0.354 e. The van der Waals surface area contributed by atoms with E-state index in [1.165, 1.54) is 4.90 Å². The van der Waals surface area contributed by atoms with Crippen LogP contribution in [0.15, 0.2) is 12.1 Å². The first-order chi connectivity index (χ1) is 8.99. The molecule has 4 nitrogen and oxygen atoms in total. The molecule has 102 valence electrons. The van der Waals surface area contributed by atoms with Crippen LogP contribution in [0.25, 0.3) is 0 Å². The molecule has 0 spiro atoms. The molecule has 0 atom stereocenters. The molecule has 1 N–H and O–H groups in total. The normalized spacial score (nSPS) is 15.9. The molecule has 0 aliphatic carbocycles. The highest BCUT2D eigenvalue weighted by Crippen LogP contribution is 2.15. The highest BCUT2D eigenvalue weighted by atomic mass is 19.2. The van der Waals surface area contributed by atoms with Gasteiger partial charge in [0, 0.05) is 18.7 Å². The minimum atomic E-state index is -1.62. The molecule has 1 fully saturated rings. The van der Waals surface area contributed by atoms with Gasteiger partial charge in [-0.1, -0.05) is 0 Å². The average Bonchev–Trinajstić information content (AvgIpc) is 2.59. The number of halogens is 3. The van der Waals surface area contributed by atoms with Gasteiger partial charge in [0.2, 0.25) is 5.91 Å². The Labute approximate surface area is 107 Å². The van der Waals surface area contributed by atoms with E-state index in [4.69, 9.17) is 0 Å². The zero-order valence-electron chi connectivity index (χ0n) is 9.88. The van der Waals surface area contributed by atoms with Crippen LogP contribution in [0, 0.1) is 17.5 Å². The maximum atomic E-state index is 13.1. The third-order valence-corrected chi connectivity index (χ3v) is 2.78. The molecule has 19 heavy (non-hydrogen) atoms. The van der Waals surface area contributed by atoms with Gasteiger partial charge in [0.15, 0.2) is 17.5 Å². The number of hydrogen-bond acceptors (Lipinski definition) is 2. The molecule has 0 unspecified atom stereocenters. The van der Waals surface area contributed by atoms with Crippen LogP contribution in [-0.4, -0.2) is 36.3 Å². The number of carbonyl (C=O) groups excluding carboxylic acids is 2. The Hall–Kier alpha value is -2.05. The van der Waals surface area contributed by atoms with Gasteiger partial charge in [-0.05, 0) is 18.6 Å². The fraction of sp³-hybridized carbons (Fsp3) is 0.333. The number of nitrogens with zero attached hydrogens (tertiary/aromatic N) is 1. The van der Waals surface area contributed by atoms with Crippen LogP contribution in [-0.2, 0) is 4.79 Å². The van der Waals surface area contributed by atoms with Gasteiger partial charge >= 0.3 is 0 Å². The lowest BCUT2D eigenvalue weighted by Crippen LogP contribution is -2.37. The van der Waals surface area contributed by atoms with Crippen molar-refractivity contribution in [3.05, 3.63) is 35.1 Å². The van der Waals surface area contributed by atoms with E-state index < -0.39 is 23.4 Å². The molecule has 0 aromatic heterocycles. The molecule has 1 aliphatic rings. The van der Waals surface area contributed by atoms with E-state index >= 15 is 0 Å².